The highest BCUT2D eigenvalue weighted by Crippen LogP contribution is 2.27. The molecule has 5 rings (SSSR count). The number of anilines is 1. The van der Waals surface area contributed by atoms with Crippen LogP contribution < -0.4 is 9.64 Å². The minimum Gasteiger partial charge on any atom is -0.489 e. The molecule has 3 aromatic heterocycles. The van der Waals surface area contributed by atoms with Gasteiger partial charge in [0, 0.05) is 31.0 Å². The van der Waals surface area contributed by atoms with E-state index < -0.39 is 0 Å². The second kappa shape index (κ2) is 9.70. The third-order valence-electron chi connectivity index (χ3n) is 6.05. The van der Waals surface area contributed by atoms with Crippen LogP contribution in [0.15, 0.2) is 55.2 Å². The summed E-state index contributed by atoms with van der Waals surface area (Å²) in [4.78, 5) is 12.7. The maximum absolute atomic E-state index is 9.82. The van der Waals surface area contributed by atoms with Crippen LogP contribution in [-0.4, -0.2) is 47.8 Å². The molecule has 4 aromatic rings. The Labute approximate surface area is 197 Å². The Bertz CT molecular complexity index is 1250. The van der Waals surface area contributed by atoms with Crippen molar-refractivity contribution >= 4 is 5.95 Å². The summed E-state index contributed by atoms with van der Waals surface area (Å²) in [5, 5.41) is 22.6. The molecule has 1 aromatic carbocycles. The highest BCUT2D eigenvalue weighted by molar-refractivity contribution is 5.37. The van der Waals surface area contributed by atoms with Crippen molar-refractivity contribution in [2.24, 2.45) is 0 Å². The van der Waals surface area contributed by atoms with E-state index in [1.807, 2.05) is 41.3 Å². The molecule has 10 heteroatoms. The monoisotopic (exact) mass is 455 g/mol. The smallest absolute Gasteiger partial charge is 0.225 e. The molecule has 0 amide bonds. The number of hydrogen-bond donors (Lipinski definition) is 0. The van der Waals surface area contributed by atoms with E-state index in [1.165, 1.54) is 0 Å². The Morgan fingerprint density at radius 2 is 1.71 bits per heavy atom. The predicted molar refractivity (Wildman–Crippen MR) is 125 cm³/mol. The quantitative estimate of drug-likeness (QED) is 0.418. The summed E-state index contributed by atoms with van der Waals surface area (Å²) in [5.41, 5.74) is 3.32. The second-order valence-corrected chi connectivity index (χ2v) is 8.14. The van der Waals surface area contributed by atoms with Crippen LogP contribution in [0.5, 0.6) is 5.75 Å². The van der Waals surface area contributed by atoms with Crippen LogP contribution in [0, 0.1) is 11.3 Å². The molecule has 1 aliphatic rings. The van der Waals surface area contributed by atoms with E-state index in [0.29, 0.717) is 11.4 Å². The van der Waals surface area contributed by atoms with Gasteiger partial charge in [0.2, 0.25) is 5.95 Å². The number of piperidine rings is 1. The van der Waals surface area contributed by atoms with Crippen LogP contribution in [0.1, 0.15) is 42.6 Å². The minimum absolute atomic E-state index is 0.162. The standard InChI is InChI=1S/C24H25N9O/c1-2-18-14-26-24(27-15-18)31-11-7-20(8-12-31)32-23(13-25)19(16-30-32)17-34-22-5-3-21(4-6-22)33-28-9-10-29-33/h3-6,9-10,14-16,20H,2,7-8,11-12,17H2,1H3. The lowest BCUT2D eigenvalue weighted by molar-refractivity contribution is 0.304. The molecule has 0 aliphatic carbocycles. The molecule has 1 saturated heterocycles. The molecule has 0 unspecified atom stereocenters. The summed E-state index contributed by atoms with van der Waals surface area (Å²) >= 11 is 0. The number of hydrogen-bond acceptors (Lipinski definition) is 8. The van der Waals surface area contributed by atoms with Gasteiger partial charge in [0.05, 0.1) is 30.3 Å². The number of ether oxygens (including phenoxy) is 1. The van der Waals surface area contributed by atoms with Crippen molar-refractivity contribution in [3.8, 4) is 17.5 Å². The first-order valence-electron chi connectivity index (χ1n) is 11.4. The topological polar surface area (TPSA) is 111 Å². The maximum atomic E-state index is 9.82. The van der Waals surface area contributed by atoms with Crippen molar-refractivity contribution in [2.45, 2.75) is 38.8 Å². The van der Waals surface area contributed by atoms with E-state index in [1.54, 1.807) is 23.4 Å². The van der Waals surface area contributed by atoms with E-state index in [2.05, 4.69) is 43.2 Å². The van der Waals surface area contributed by atoms with Crippen molar-refractivity contribution in [2.75, 3.05) is 18.0 Å². The molecule has 1 aliphatic heterocycles. The summed E-state index contributed by atoms with van der Waals surface area (Å²) in [6.45, 7) is 4.02. The van der Waals surface area contributed by atoms with Crippen LogP contribution in [0.2, 0.25) is 0 Å². The van der Waals surface area contributed by atoms with Crippen LogP contribution in [0.25, 0.3) is 5.69 Å². The van der Waals surface area contributed by atoms with Gasteiger partial charge in [0.25, 0.3) is 0 Å². The summed E-state index contributed by atoms with van der Waals surface area (Å²) in [6, 6.07) is 9.98. The van der Waals surface area contributed by atoms with E-state index in [9.17, 15) is 5.26 Å². The first-order valence-corrected chi connectivity index (χ1v) is 11.4. The molecule has 172 valence electrons. The van der Waals surface area contributed by atoms with Gasteiger partial charge in [-0.2, -0.15) is 25.4 Å². The number of aryl methyl sites for hydroxylation is 1. The molecule has 0 radical (unpaired) electrons. The molecule has 1 fully saturated rings. The molecule has 0 N–H and O–H groups in total. The van der Waals surface area contributed by atoms with Gasteiger partial charge in [-0.05, 0) is 49.1 Å². The van der Waals surface area contributed by atoms with Gasteiger partial charge in [-0.3, -0.25) is 4.68 Å². The molecular weight excluding hydrogens is 430 g/mol. The molecule has 0 atom stereocenters. The van der Waals surface area contributed by atoms with Crippen molar-refractivity contribution in [3.63, 3.8) is 0 Å². The summed E-state index contributed by atoms with van der Waals surface area (Å²) in [5.74, 6) is 1.47. The Hall–Kier alpha value is -4.26. The van der Waals surface area contributed by atoms with Crippen LogP contribution >= 0.6 is 0 Å². The van der Waals surface area contributed by atoms with Crippen molar-refractivity contribution < 1.29 is 4.74 Å². The fourth-order valence-electron chi connectivity index (χ4n) is 4.09. The zero-order valence-corrected chi connectivity index (χ0v) is 18.9. The van der Waals surface area contributed by atoms with Gasteiger partial charge in [-0.25, -0.2) is 9.97 Å². The highest BCUT2D eigenvalue weighted by Gasteiger charge is 2.25. The molecule has 10 nitrogen and oxygen atoms in total. The number of rotatable bonds is 7. The Morgan fingerprint density at radius 1 is 1.00 bits per heavy atom. The lowest BCUT2D eigenvalue weighted by Gasteiger charge is -2.32. The largest absolute Gasteiger partial charge is 0.489 e. The van der Waals surface area contributed by atoms with Crippen molar-refractivity contribution in [3.05, 3.63) is 72.1 Å². The Morgan fingerprint density at radius 3 is 2.35 bits per heavy atom. The second-order valence-electron chi connectivity index (χ2n) is 8.14. The first kappa shape index (κ1) is 21.6. The van der Waals surface area contributed by atoms with E-state index in [-0.39, 0.29) is 12.6 Å². The zero-order valence-electron chi connectivity index (χ0n) is 18.9. The fourth-order valence-corrected chi connectivity index (χ4v) is 4.09. The third-order valence-corrected chi connectivity index (χ3v) is 6.05. The van der Waals surface area contributed by atoms with Gasteiger partial charge in [0.15, 0.2) is 0 Å². The highest BCUT2D eigenvalue weighted by atomic mass is 16.5. The van der Waals surface area contributed by atoms with Crippen LogP contribution in [0.3, 0.4) is 0 Å². The fraction of sp³-hybridized carbons (Fsp3) is 0.333. The number of aromatic nitrogens is 7. The van der Waals surface area contributed by atoms with E-state index in [4.69, 9.17) is 4.74 Å². The normalized spacial score (nSPS) is 14.2. The molecule has 0 spiro atoms. The van der Waals surface area contributed by atoms with Crippen molar-refractivity contribution in [1.29, 1.82) is 5.26 Å². The summed E-state index contributed by atoms with van der Waals surface area (Å²) in [6.07, 6.45) is 11.5. The van der Waals surface area contributed by atoms with Crippen molar-refractivity contribution in [1.82, 2.24) is 34.7 Å². The van der Waals surface area contributed by atoms with Gasteiger partial charge in [-0.15, -0.1) is 0 Å². The van der Waals surface area contributed by atoms with E-state index >= 15 is 0 Å². The van der Waals surface area contributed by atoms with Gasteiger partial charge >= 0.3 is 0 Å². The zero-order chi connectivity index (χ0) is 23.3. The van der Waals surface area contributed by atoms with Gasteiger partial charge < -0.3 is 9.64 Å². The SMILES string of the molecule is CCc1cnc(N2CCC(n3ncc(COc4ccc(-n5nccn5)cc4)c3C#N)CC2)nc1. The molecule has 4 heterocycles. The molecule has 0 bridgehead atoms. The lowest BCUT2D eigenvalue weighted by Crippen LogP contribution is -2.36. The first-order chi connectivity index (χ1) is 16.7. The van der Waals surface area contributed by atoms with E-state index in [0.717, 1.165) is 55.1 Å². The minimum atomic E-state index is 0.162. The third kappa shape index (κ3) is 4.45. The van der Waals surface area contributed by atoms with Gasteiger partial charge in [-0.1, -0.05) is 6.92 Å². The molecule has 34 heavy (non-hydrogen) atoms. The summed E-state index contributed by atoms with van der Waals surface area (Å²) < 4.78 is 7.77. The predicted octanol–water partition coefficient (Wildman–Crippen LogP) is 3.11. The van der Waals surface area contributed by atoms with Crippen LogP contribution in [0.4, 0.5) is 5.95 Å². The number of nitriles is 1. The van der Waals surface area contributed by atoms with Crippen LogP contribution in [-0.2, 0) is 13.0 Å². The van der Waals surface area contributed by atoms with Gasteiger partial charge in [0.1, 0.15) is 24.1 Å². The molecule has 0 saturated carbocycles. The Kier molecular flexibility index (Phi) is 6.16. The average Bonchev–Trinajstić information content (AvgIpc) is 3.58. The number of benzene rings is 1. The number of nitrogens with zero attached hydrogens (tertiary/aromatic N) is 9. The lowest BCUT2D eigenvalue weighted by atomic mass is 10.1. The summed E-state index contributed by atoms with van der Waals surface area (Å²) in [7, 11) is 0. The Balaban J connectivity index is 1.21. The molecular formula is C24H25N9O. The maximum Gasteiger partial charge on any atom is 0.225 e. The average molecular weight is 456 g/mol.